The Bertz CT molecular complexity index is 541. The number of halogens is 1. The molecule has 2 aromatic carbocycles. The van der Waals surface area contributed by atoms with Crippen LogP contribution in [0.5, 0.6) is 5.75 Å². The largest absolute Gasteiger partial charge is 0.508 e. The van der Waals surface area contributed by atoms with Crippen molar-refractivity contribution in [2.45, 2.75) is 19.4 Å². The molecular formula is C13H13BrO2. The fraction of sp³-hybridized carbons (Fsp3) is 0.231. The third kappa shape index (κ3) is 2.06. The average Bonchev–Trinajstić information content (AvgIpc) is 2.16. The van der Waals surface area contributed by atoms with Gasteiger partial charge in [0.15, 0.2) is 0 Å². The summed E-state index contributed by atoms with van der Waals surface area (Å²) in [7, 11) is 0. The summed E-state index contributed by atoms with van der Waals surface area (Å²) in [5.74, 6) is 0.127. The van der Waals surface area contributed by atoms with Gasteiger partial charge in [-0.3, -0.25) is 0 Å². The van der Waals surface area contributed by atoms with E-state index in [1.165, 1.54) is 0 Å². The maximum Gasteiger partial charge on any atom is 0.122 e. The molecule has 84 valence electrons. The molecule has 0 spiro atoms. The third-order valence-corrected chi connectivity index (χ3v) is 3.07. The van der Waals surface area contributed by atoms with E-state index < -0.39 is 5.60 Å². The number of aliphatic hydroxyl groups is 1. The molecule has 0 aliphatic heterocycles. The standard InChI is InChI=1S/C13H13BrO2/c1-13(2,16)11-6-9-5-10(14)4-3-8(9)7-12(11)15/h3-7,15-16H,1-2H3. The topological polar surface area (TPSA) is 40.5 Å². The lowest BCUT2D eigenvalue weighted by Gasteiger charge is -2.19. The number of phenols is 1. The van der Waals surface area contributed by atoms with Crippen molar-refractivity contribution >= 4 is 26.7 Å². The van der Waals surface area contributed by atoms with Crippen molar-refractivity contribution in [1.29, 1.82) is 0 Å². The van der Waals surface area contributed by atoms with E-state index in [-0.39, 0.29) is 5.75 Å². The van der Waals surface area contributed by atoms with Gasteiger partial charge in [0.05, 0.1) is 5.60 Å². The minimum absolute atomic E-state index is 0.127. The Labute approximate surface area is 103 Å². The van der Waals surface area contributed by atoms with E-state index >= 15 is 0 Å². The fourth-order valence-corrected chi connectivity index (χ4v) is 2.13. The molecule has 0 saturated heterocycles. The van der Waals surface area contributed by atoms with Crippen molar-refractivity contribution in [3.8, 4) is 5.75 Å². The molecule has 0 atom stereocenters. The fourth-order valence-electron chi connectivity index (χ4n) is 1.75. The summed E-state index contributed by atoms with van der Waals surface area (Å²) in [5.41, 5.74) is -0.501. The van der Waals surface area contributed by atoms with Crippen molar-refractivity contribution in [2.24, 2.45) is 0 Å². The molecule has 0 heterocycles. The van der Waals surface area contributed by atoms with E-state index in [9.17, 15) is 10.2 Å². The Morgan fingerprint density at radius 2 is 1.75 bits per heavy atom. The summed E-state index contributed by atoms with van der Waals surface area (Å²) in [6.45, 7) is 3.32. The molecule has 0 aliphatic carbocycles. The SMILES string of the molecule is CC(C)(O)c1cc2cc(Br)ccc2cc1O. The Balaban J connectivity index is 2.74. The highest BCUT2D eigenvalue weighted by Gasteiger charge is 2.20. The number of fused-ring (bicyclic) bond motifs is 1. The molecular weight excluding hydrogens is 268 g/mol. The zero-order chi connectivity index (χ0) is 11.9. The van der Waals surface area contributed by atoms with Crippen LogP contribution in [0.1, 0.15) is 19.4 Å². The summed E-state index contributed by atoms with van der Waals surface area (Å²) in [5, 5.41) is 21.7. The van der Waals surface area contributed by atoms with E-state index in [4.69, 9.17) is 0 Å². The van der Waals surface area contributed by atoms with E-state index in [2.05, 4.69) is 15.9 Å². The number of hydrogen-bond donors (Lipinski definition) is 2. The smallest absolute Gasteiger partial charge is 0.122 e. The lowest BCUT2D eigenvalue weighted by molar-refractivity contribution is 0.0760. The summed E-state index contributed by atoms with van der Waals surface area (Å²) in [6.07, 6.45) is 0. The van der Waals surface area contributed by atoms with Crippen LogP contribution in [0.4, 0.5) is 0 Å². The molecule has 16 heavy (non-hydrogen) atoms. The lowest BCUT2D eigenvalue weighted by Crippen LogP contribution is -2.15. The molecule has 2 aromatic rings. The first-order chi connectivity index (χ1) is 7.38. The average molecular weight is 281 g/mol. The van der Waals surface area contributed by atoms with Crippen molar-refractivity contribution in [3.63, 3.8) is 0 Å². The van der Waals surface area contributed by atoms with E-state index in [0.29, 0.717) is 5.56 Å². The normalized spacial score (nSPS) is 12.0. The number of rotatable bonds is 1. The first-order valence-corrected chi connectivity index (χ1v) is 5.82. The van der Waals surface area contributed by atoms with Crippen LogP contribution in [0.25, 0.3) is 10.8 Å². The molecule has 0 fully saturated rings. The van der Waals surface area contributed by atoms with Gasteiger partial charge in [0.2, 0.25) is 0 Å². The van der Waals surface area contributed by atoms with Gasteiger partial charge in [0.25, 0.3) is 0 Å². The first kappa shape index (κ1) is 11.4. The molecule has 2 nitrogen and oxygen atoms in total. The molecule has 0 bridgehead atoms. The highest BCUT2D eigenvalue weighted by atomic mass is 79.9. The number of phenolic OH excluding ortho intramolecular Hbond substituents is 1. The van der Waals surface area contributed by atoms with Gasteiger partial charge in [-0.25, -0.2) is 0 Å². The molecule has 3 heteroatoms. The predicted octanol–water partition coefficient (Wildman–Crippen LogP) is 3.54. The van der Waals surface area contributed by atoms with Crippen LogP contribution in [0.15, 0.2) is 34.8 Å². The van der Waals surface area contributed by atoms with E-state index in [0.717, 1.165) is 15.2 Å². The van der Waals surface area contributed by atoms with Gasteiger partial charge >= 0.3 is 0 Å². The van der Waals surface area contributed by atoms with Crippen LogP contribution in [0, 0.1) is 0 Å². The highest BCUT2D eigenvalue weighted by Crippen LogP contribution is 2.33. The maximum absolute atomic E-state index is 9.93. The molecule has 0 aliphatic rings. The molecule has 2 rings (SSSR count). The quantitative estimate of drug-likeness (QED) is 0.839. The maximum atomic E-state index is 9.93. The first-order valence-electron chi connectivity index (χ1n) is 5.03. The van der Waals surface area contributed by atoms with Crippen molar-refractivity contribution in [2.75, 3.05) is 0 Å². The third-order valence-electron chi connectivity index (χ3n) is 2.58. The summed E-state index contributed by atoms with van der Waals surface area (Å²) < 4.78 is 0.979. The van der Waals surface area contributed by atoms with Gasteiger partial charge in [-0.1, -0.05) is 22.0 Å². The highest BCUT2D eigenvalue weighted by molar-refractivity contribution is 9.10. The Kier molecular flexibility index (Phi) is 2.68. The Hall–Kier alpha value is -1.06. The second-order valence-corrected chi connectivity index (χ2v) is 5.34. The number of benzene rings is 2. The van der Waals surface area contributed by atoms with E-state index in [1.807, 2.05) is 24.3 Å². The summed E-state index contributed by atoms with van der Waals surface area (Å²) in [4.78, 5) is 0. The van der Waals surface area contributed by atoms with Gasteiger partial charge in [-0.2, -0.15) is 0 Å². The predicted molar refractivity (Wildman–Crippen MR) is 68.6 cm³/mol. The molecule has 2 N–H and O–H groups in total. The van der Waals surface area contributed by atoms with Crippen molar-refractivity contribution in [3.05, 3.63) is 40.4 Å². The van der Waals surface area contributed by atoms with Gasteiger partial charge in [-0.15, -0.1) is 0 Å². The van der Waals surface area contributed by atoms with Gasteiger partial charge in [0.1, 0.15) is 5.75 Å². The van der Waals surface area contributed by atoms with Gasteiger partial charge in [0, 0.05) is 10.0 Å². The summed E-state index contributed by atoms with van der Waals surface area (Å²) in [6, 6.07) is 9.30. The zero-order valence-electron chi connectivity index (χ0n) is 9.16. The van der Waals surface area contributed by atoms with E-state index in [1.54, 1.807) is 19.9 Å². The van der Waals surface area contributed by atoms with Crippen molar-refractivity contribution in [1.82, 2.24) is 0 Å². The molecule has 0 unspecified atom stereocenters. The minimum atomic E-state index is -1.04. The Morgan fingerprint density at radius 3 is 2.38 bits per heavy atom. The van der Waals surface area contributed by atoms with Crippen LogP contribution in [-0.4, -0.2) is 10.2 Å². The molecule has 0 amide bonds. The number of aromatic hydroxyl groups is 1. The van der Waals surface area contributed by atoms with Crippen LogP contribution in [0.3, 0.4) is 0 Å². The van der Waals surface area contributed by atoms with Crippen LogP contribution >= 0.6 is 15.9 Å². The van der Waals surface area contributed by atoms with Crippen LogP contribution in [0.2, 0.25) is 0 Å². The molecule has 0 saturated carbocycles. The molecule has 0 aromatic heterocycles. The monoisotopic (exact) mass is 280 g/mol. The van der Waals surface area contributed by atoms with Crippen LogP contribution in [-0.2, 0) is 5.60 Å². The second-order valence-electron chi connectivity index (χ2n) is 4.42. The van der Waals surface area contributed by atoms with Crippen LogP contribution < -0.4 is 0 Å². The van der Waals surface area contributed by atoms with Crippen molar-refractivity contribution < 1.29 is 10.2 Å². The minimum Gasteiger partial charge on any atom is -0.508 e. The number of hydrogen-bond acceptors (Lipinski definition) is 2. The van der Waals surface area contributed by atoms with Gasteiger partial charge in [-0.05, 0) is 48.9 Å². The zero-order valence-corrected chi connectivity index (χ0v) is 10.7. The van der Waals surface area contributed by atoms with Gasteiger partial charge < -0.3 is 10.2 Å². The molecule has 0 radical (unpaired) electrons. The lowest BCUT2D eigenvalue weighted by atomic mass is 9.94. The summed E-state index contributed by atoms with van der Waals surface area (Å²) >= 11 is 3.40. The Morgan fingerprint density at radius 1 is 1.06 bits per heavy atom. The second kappa shape index (κ2) is 3.75.